The van der Waals surface area contributed by atoms with E-state index in [1.54, 1.807) is 0 Å². The van der Waals surface area contributed by atoms with Gasteiger partial charge in [-0.3, -0.25) is 0 Å². The van der Waals surface area contributed by atoms with Crippen LogP contribution in [0.2, 0.25) is 5.02 Å². The minimum absolute atomic E-state index is 0.205. The van der Waals surface area contributed by atoms with Crippen LogP contribution in [0.25, 0.3) is 0 Å². The van der Waals surface area contributed by atoms with Gasteiger partial charge < -0.3 is 5.32 Å². The van der Waals surface area contributed by atoms with E-state index in [0.29, 0.717) is 0 Å². The Bertz CT molecular complexity index is 590. The molecule has 0 aliphatic carbocycles. The van der Waals surface area contributed by atoms with Crippen molar-refractivity contribution in [3.05, 3.63) is 69.2 Å². The van der Waals surface area contributed by atoms with Gasteiger partial charge >= 0.3 is 0 Å². The lowest BCUT2D eigenvalue weighted by atomic mass is 9.93. The predicted molar refractivity (Wildman–Crippen MR) is 83.0 cm³/mol. The Labute approximate surface area is 120 Å². The van der Waals surface area contributed by atoms with Crippen molar-refractivity contribution >= 4 is 11.6 Å². The molecule has 0 bridgehead atoms. The van der Waals surface area contributed by atoms with E-state index in [1.165, 1.54) is 22.3 Å². The second-order valence-electron chi connectivity index (χ2n) is 5.09. The van der Waals surface area contributed by atoms with Crippen molar-refractivity contribution < 1.29 is 0 Å². The van der Waals surface area contributed by atoms with Crippen LogP contribution in [0.1, 0.15) is 33.9 Å². The number of hydrogen-bond acceptors (Lipinski definition) is 1. The highest BCUT2D eigenvalue weighted by molar-refractivity contribution is 6.31. The Hall–Kier alpha value is -1.31. The molecular formula is C17H20ClN. The first-order valence-corrected chi connectivity index (χ1v) is 6.91. The van der Waals surface area contributed by atoms with Crippen molar-refractivity contribution in [1.82, 2.24) is 5.32 Å². The second kappa shape index (κ2) is 5.77. The maximum Gasteiger partial charge on any atom is 0.0577 e. The summed E-state index contributed by atoms with van der Waals surface area (Å²) in [6.07, 6.45) is 0. The Morgan fingerprint density at radius 2 is 1.68 bits per heavy atom. The molecule has 100 valence electrons. The van der Waals surface area contributed by atoms with Crippen LogP contribution in [0, 0.1) is 20.8 Å². The van der Waals surface area contributed by atoms with Crippen LogP contribution in [0.5, 0.6) is 0 Å². The van der Waals surface area contributed by atoms with Gasteiger partial charge in [0.15, 0.2) is 0 Å². The fourth-order valence-electron chi connectivity index (χ4n) is 2.50. The third-order valence-electron chi connectivity index (χ3n) is 3.54. The molecule has 0 amide bonds. The van der Waals surface area contributed by atoms with Gasteiger partial charge in [-0.2, -0.15) is 0 Å². The standard InChI is InChI=1S/C17H20ClN/c1-11-5-7-15(12(2)9-11)17(19-4)14-6-8-16(18)13(3)10-14/h5-10,17,19H,1-4H3. The van der Waals surface area contributed by atoms with E-state index >= 15 is 0 Å². The van der Waals surface area contributed by atoms with E-state index in [1.807, 2.05) is 20.0 Å². The molecule has 0 spiro atoms. The number of benzene rings is 2. The van der Waals surface area contributed by atoms with Crippen molar-refractivity contribution in [2.75, 3.05) is 7.05 Å². The quantitative estimate of drug-likeness (QED) is 0.863. The zero-order chi connectivity index (χ0) is 14.0. The van der Waals surface area contributed by atoms with Crippen molar-refractivity contribution in [3.63, 3.8) is 0 Å². The summed E-state index contributed by atoms with van der Waals surface area (Å²) in [7, 11) is 1.99. The Morgan fingerprint density at radius 1 is 0.947 bits per heavy atom. The molecule has 1 N–H and O–H groups in total. The molecule has 2 aromatic rings. The number of nitrogens with one attached hydrogen (secondary N) is 1. The van der Waals surface area contributed by atoms with E-state index in [9.17, 15) is 0 Å². The van der Waals surface area contributed by atoms with Crippen LogP contribution < -0.4 is 5.32 Å². The van der Waals surface area contributed by atoms with Crippen LogP contribution in [0.15, 0.2) is 36.4 Å². The summed E-state index contributed by atoms with van der Waals surface area (Å²) in [5, 5.41) is 4.22. The van der Waals surface area contributed by atoms with E-state index < -0.39 is 0 Å². The first-order valence-electron chi connectivity index (χ1n) is 6.53. The van der Waals surface area contributed by atoms with Gasteiger partial charge in [0.05, 0.1) is 6.04 Å². The molecule has 0 aliphatic heterocycles. The topological polar surface area (TPSA) is 12.0 Å². The zero-order valence-corrected chi connectivity index (χ0v) is 12.7. The summed E-state index contributed by atoms with van der Waals surface area (Å²) >= 11 is 6.11. The highest BCUT2D eigenvalue weighted by Crippen LogP contribution is 2.27. The highest BCUT2D eigenvalue weighted by Gasteiger charge is 2.14. The number of hydrogen-bond donors (Lipinski definition) is 1. The summed E-state index contributed by atoms with van der Waals surface area (Å²) in [6.45, 7) is 6.33. The molecule has 1 unspecified atom stereocenters. The van der Waals surface area contributed by atoms with Gasteiger partial charge in [0.25, 0.3) is 0 Å². The summed E-state index contributed by atoms with van der Waals surface area (Å²) in [4.78, 5) is 0. The van der Waals surface area contributed by atoms with Gasteiger partial charge in [-0.15, -0.1) is 0 Å². The highest BCUT2D eigenvalue weighted by atomic mass is 35.5. The van der Waals surface area contributed by atoms with Crippen molar-refractivity contribution in [2.45, 2.75) is 26.8 Å². The monoisotopic (exact) mass is 273 g/mol. The summed E-state index contributed by atoms with van der Waals surface area (Å²) < 4.78 is 0. The minimum atomic E-state index is 0.205. The molecule has 0 heterocycles. The van der Waals surface area contributed by atoms with Crippen molar-refractivity contribution in [3.8, 4) is 0 Å². The van der Waals surface area contributed by atoms with E-state index in [4.69, 9.17) is 11.6 Å². The SMILES string of the molecule is CNC(c1ccc(Cl)c(C)c1)c1ccc(C)cc1C. The second-order valence-corrected chi connectivity index (χ2v) is 5.50. The lowest BCUT2D eigenvalue weighted by molar-refractivity contribution is 0.687. The molecule has 0 fully saturated rings. The molecule has 0 saturated carbocycles. The third kappa shape index (κ3) is 2.99. The third-order valence-corrected chi connectivity index (χ3v) is 3.96. The van der Waals surface area contributed by atoms with Crippen molar-refractivity contribution in [2.24, 2.45) is 0 Å². The Balaban J connectivity index is 2.46. The molecule has 1 atom stereocenters. The molecule has 2 rings (SSSR count). The number of halogens is 1. The predicted octanol–water partition coefficient (Wildman–Crippen LogP) is 4.57. The van der Waals surface area contributed by atoms with Gasteiger partial charge in [-0.05, 0) is 56.1 Å². The fourth-order valence-corrected chi connectivity index (χ4v) is 2.62. The molecule has 19 heavy (non-hydrogen) atoms. The molecule has 0 aromatic heterocycles. The Morgan fingerprint density at radius 3 is 2.26 bits per heavy atom. The lowest BCUT2D eigenvalue weighted by Crippen LogP contribution is -2.18. The van der Waals surface area contributed by atoms with Crippen LogP contribution in [0.4, 0.5) is 0 Å². The first-order chi connectivity index (χ1) is 9.02. The molecular weight excluding hydrogens is 254 g/mol. The van der Waals surface area contributed by atoms with Gasteiger partial charge in [0.1, 0.15) is 0 Å². The maximum absolute atomic E-state index is 6.11. The minimum Gasteiger partial charge on any atom is -0.309 e. The number of aryl methyl sites for hydroxylation is 3. The van der Waals surface area contributed by atoms with Gasteiger partial charge in [-0.1, -0.05) is 47.5 Å². The van der Waals surface area contributed by atoms with Crippen LogP contribution in [-0.4, -0.2) is 7.05 Å². The molecule has 0 aliphatic rings. The zero-order valence-electron chi connectivity index (χ0n) is 11.9. The molecule has 2 heteroatoms. The molecule has 0 saturated heterocycles. The van der Waals surface area contributed by atoms with Crippen LogP contribution in [0.3, 0.4) is 0 Å². The van der Waals surface area contributed by atoms with Gasteiger partial charge in [0, 0.05) is 5.02 Å². The first kappa shape index (κ1) is 14.1. The van der Waals surface area contributed by atoms with E-state index in [0.717, 1.165) is 10.6 Å². The Kier molecular flexibility index (Phi) is 4.28. The van der Waals surface area contributed by atoms with Gasteiger partial charge in [-0.25, -0.2) is 0 Å². The average molecular weight is 274 g/mol. The normalized spacial score (nSPS) is 12.5. The smallest absolute Gasteiger partial charge is 0.0577 e. The van der Waals surface area contributed by atoms with E-state index in [2.05, 4.69) is 49.5 Å². The summed E-state index contributed by atoms with van der Waals surface area (Å²) in [6, 6.07) is 13.0. The average Bonchev–Trinajstić information content (AvgIpc) is 2.37. The summed E-state index contributed by atoms with van der Waals surface area (Å²) in [5.74, 6) is 0. The van der Waals surface area contributed by atoms with Crippen LogP contribution in [-0.2, 0) is 0 Å². The van der Waals surface area contributed by atoms with Gasteiger partial charge in [0.2, 0.25) is 0 Å². The fraction of sp³-hybridized carbons (Fsp3) is 0.294. The molecule has 2 aromatic carbocycles. The molecule has 1 nitrogen and oxygen atoms in total. The van der Waals surface area contributed by atoms with E-state index in [-0.39, 0.29) is 6.04 Å². The van der Waals surface area contributed by atoms with Crippen molar-refractivity contribution in [1.29, 1.82) is 0 Å². The largest absolute Gasteiger partial charge is 0.309 e. The van der Waals surface area contributed by atoms with Crippen LogP contribution >= 0.6 is 11.6 Å². The summed E-state index contributed by atoms with van der Waals surface area (Å²) in [5.41, 5.74) is 6.28. The maximum atomic E-state index is 6.11. The lowest BCUT2D eigenvalue weighted by Gasteiger charge is -2.20. The molecule has 0 radical (unpaired) electrons. The number of rotatable bonds is 3.